The van der Waals surface area contributed by atoms with Gasteiger partial charge in [0.1, 0.15) is 13.0 Å². The SMILES string of the molecule is COCCOCN(c1onc(C)c1C)S(=O)(=O)c1ccccc1-c1ccc(-c2ncco2)cc1Cc1ncc(-c2ccccc2)o1. The van der Waals surface area contributed by atoms with Gasteiger partial charge in [0.2, 0.25) is 11.8 Å². The molecule has 0 aliphatic carbocycles. The molecule has 11 nitrogen and oxygen atoms in total. The normalized spacial score (nSPS) is 11.6. The Morgan fingerprint density at radius 1 is 0.891 bits per heavy atom. The molecule has 0 spiro atoms. The summed E-state index contributed by atoms with van der Waals surface area (Å²) in [4.78, 5) is 8.89. The molecule has 0 unspecified atom stereocenters. The molecule has 0 amide bonds. The van der Waals surface area contributed by atoms with Crippen molar-refractivity contribution in [3.63, 3.8) is 0 Å². The number of oxazole rings is 2. The molecule has 0 N–H and O–H groups in total. The van der Waals surface area contributed by atoms with Crippen molar-refractivity contribution in [3.05, 3.63) is 114 Å². The van der Waals surface area contributed by atoms with E-state index in [1.807, 2.05) is 48.5 Å². The number of aromatic nitrogens is 3. The van der Waals surface area contributed by atoms with Gasteiger partial charge in [0.05, 0.1) is 42.6 Å². The van der Waals surface area contributed by atoms with Gasteiger partial charge in [-0.25, -0.2) is 22.7 Å². The first kappa shape index (κ1) is 31.0. The maximum atomic E-state index is 14.5. The molecule has 0 saturated heterocycles. The third-order valence-electron chi connectivity index (χ3n) is 7.48. The lowest BCUT2D eigenvalue weighted by molar-refractivity contribution is 0.0744. The van der Waals surface area contributed by atoms with Crippen LogP contribution >= 0.6 is 0 Å². The summed E-state index contributed by atoms with van der Waals surface area (Å²) in [6.45, 7) is 3.69. The van der Waals surface area contributed by atoms with Gasteiger partial charge in [0.25, 0.3) is 10.0 Å². The molecule has 6 aromatic rings. The molecule has 0 radical (unpaired) electrons. The number of hydrogen-bond acceptors (Lipinski definition) is 10. The van der Waals surface area contributed by atoms with Crippen molar-refractivity contribution in [2.75, 3.05) is 31.4 Å². The van der Waals surface area contributed by atoms with Gasteiger partial charge in [-0.2, -0.15) is 0 Å². The summed E-state index contributed by atoms with van der Waals surface area (Å²) >= 11 is 0. The number of benzene rings is 3. The number of methoxy groups -OCH3 is 1. The Bertz CT molecular complexity index is 2020. The van der Waals surface area contributed by atoms with Crippen LogP contribution in [0.2, 0.25) is 0 Å². The van der Waals surface area contributed by atoms with E-state index in [9.17, 15) is 8.42 Å². The maximum Gasteiger partial charge on any atom is 0.269 e. The van der Waals surface area contributed by atoms with E-state index in [2.05, 4.69) is 15.1 Å². The van der Waals surface area contributed by atoms with E-state index in [1.165, 1.54) is 6.26 Å². The summed E-state index contributed by atoms with van der Waals surface area (Å²) in [5, 5.41) is 3.99. The molecule has 46 heavy (non-hydrogen) atoms. The zero-order chi connectivity index (χ0) is 32.1. The molecule has 6 rings (SSSR count). The van der Waals surface area contributed by atoms with Crippen LogP contribution in [-0.2, 0) is 25.9 Å². The van der Waals surface area contributed by atoms with E-state index >= 15 is 0 Å². The average molecular weight is 641 g/mol. The average Bonchev–Trinajstić information content (AvgIpc) is 3.85. The Morgan fingerprint density at radius 3 is 2.43 bits per heavy atom. The lowest BCUT2D eigenvalue weighted by Crippen LogP contribution is -2.34. The summed E-state index contributed by atoms with van der Waals surface area (Å²) in [6.07, 6.45) is 5.03. The Kier molecular flexibility index (Phi) is 9.11. The fraction of sp³-hybridized carbons (Fsp3) is 0.206. The van der Waals surface area contributed by atoms with E-state index in [1.54, 1.807) is 57.6 Å². The zero-order valence-electron chi connectivity index (χ0n) is 25.5. The van der Waals surface area contributed by atoms with E-state index in [0.29, 0.717) is 46.5 Å². The number of hydrogen-bond donors (Lipinski definition) is 0. The van der Waals surface area contributed by atoms with Crippen molar-refractivity contribution < 1.29 is 31.2 Å². The largest absolute Gasteiger partial charge is 0.445 e. The lowest BCUT2D eigenvalue weighted by atomic mass is 9.95. The van der Waals surface area contributed by atoms with Crippen LogP contribution in [0.3, 0.4) is 0 Å². The van der Waals surface area contributed by atoms with Crippen LogP contribution in [0, 0.1) is 13.8 Å². The topological polar surface area (TPSA) is 134 Å². The first-order valence-electron chi connectivity index (χ1n) is 14.5. The highest BCUT2D eigenvalue weighted by atomic mass is 32.2. The van der Waals surface area contributed by atoms with Crippen molar-refractivity contribution in [1.82, 2.24) is 15.1 Å². The van der Waals surface area contributed by atoms with Crippen molar-refractivity contribution in [3.8, 4) is 33.9 Å². The highest BCUT2D eigenvalue weighted by Gasteiger charge is 2.33. The predicted octanol–water partition coefficient (Wildman–Crippen LogP) is 6.68. The molecule has 0 fully saturated rings. The predicted molar refractivity (Wildman–Crippen MR) is 170 cm³/mol. The van der Waals surface area contributed by atoms with Gasteiger partial charge < -0.3 is 22.8 Å². The highest BCUT2D eigenvalue weighted by molar-refractivity contribution is 7.93. The quantitative estimate of drug-likeness (QED) is 0.0994. The monoisotopic (exact) mass is 640 g/mol. The molecule has 0 aliphatic rings. The van der Waals surface area contributed by atoms with E-state index in [0.717, 1.165) is 21.0 Å². The van der Waals surface area contributed by atoms with Crippen LogP contribution in [0.25, 0.3) is 33.9 Å². The van der Waals surface area contributed by atoms with Crippen LogP contribution in [0.5, 0.6) is 0 Å². The molecule has 12 heteroatoms. The van der Waals surface area contributed by atoms with E-state index in [-0.39, 0.29) is 30.5 Å². The minimum absolute atomic E-state index is 0.0568. The Hall–Kier alpha value is -5.04. The third kappa shape index (κ3) is 6.36. The molecule has 0 aliphatic heterocycles. The number of rotatable bonds is 13. The summed E-state index contributed by atoms with van der Waals surface area (Å²) in [7, 11) is -2.70. The molecule has 0 atom stereocenters. The Labute approximate surface area is 266 Å². The number of anilines is 1. The fourth-order valence-electron chi connectivity index (χ4n) is 4.99. The van der Waals surface area contributed by atoms with Gasteiger partial charge in [-0.15, -0.1) is 0 Å². The molecular weight excluding hydrogens is 608 g/mol. The van der Waals surface area contributed by atoms with Gasteiger partial charge in [0.15, 0.2) is 11.7 Å². The van der Waals surface area contributed by atoms with Gasteiger partial charge in [-0.1, -0.05) is 59.8 Å². The smallest absolute Gasteiger partial charge is 0.269 e. The Morgan fingerprint density at radius 2 is 1.70 bits per heavy atom. The number of nitrogens with zero attached hydrogens (tertiary/aromatic N) is 4. The van der Waals surface area contributed by atoms with Gasteiger partial charge in [-0.05, 0) is 43.2 Å². The standard InChI is InChI=1S/C34H32N4O7S/c1-23-24(2)37-45-34(23)38(22-42-18-17-41-3)46(39,40)31-12-8-7-11-29(31)28-14-13-26(33-35-15-16-43-33)19-27(28)20-32-36-21-30(44-32)25-9-5-4-6-10-25/h4-16,19,21H,17-18,20,22H2,1-3H3. The second-order valence-corrected chi connectivity index (χ2v) is 12.3. The second kappa shape index (κ2) is 13.5. The van der Waals surface area contributed by atoms with Crippen LogP contribution in [-0.4, -0.2) is 50.6 Å². The lowest BCUT2D eigenvalue weighted by Gasteiger charge is -2.24. The summed E-state index contributed by atoms with van der Waals surface area (Å²) < 4.78 is 58.1. The first-order chi connectivity index (χ1) is 22.4. The van der Waals surface area contributed by atoms with Crippen LogP contribution in [0.4, 0.5) is 5.88 Å². The number of aryl methyl sites for hydroxylation is 1. The fourth-order valence-corrected chi connectivity index (χ4v) is 6.53. The summed E-state index contributed by atoms with van der Waals surface area (Å²) in [5.41, 5.74) is 4.68. The van der Waals surface area contributed by atoms with Crippen molar-refractivity contribution >= 4 is 15.9 Å². The highest BCUT2D eigenvalue weighted by Crippen LogP contribution is 2.37. The molecule has 3 aromatic heterocycles. The van der Waals surface area contributed by atoms with Crippen molar-refractivity contribution in [2.24, 2.45) is 0 Å². The van der Waals surface area contributed by atoms with E-state index in [4.69, 9.17) is 22.8 Å². The van der Waals surface area contributed by atoms with Gasteiger partial charge in [-0.3, -0.25) is 0 Å². The van der Waals surface area contributed by atoms with Crippen LogP contribution < -0.4 is 4.31 Å². The van der Waals surface area contributed by atoms with Crippen molar-refractivity contribution in [1.29, 1.82) is 0 Å². The minimum atomic E-state index is -4.24. The minimum Gasteiger partial charge on any atom is -0.445 e. The molecule has 3 heterocycles. The third-order valence-corrected chi connectivity index (χ3v) is 9.25. The summed E-state index contributed by atoms with van der Waals surface area (Å²) in [5.74, 6) is 1.61. The maximum absolute atomic E-state index is 14.5. The zero-order valence-corrected chi connectivity index (χ0v) is 26.4. The van der Waals surface area contributed by atoms with E-state index < -0.39 is 10.0 Å². The number of ether oxygens (including phenoxy) is 2. The van der Waals surface area contributed by atoms with Crippen molar-refractivity contribution in [2.45, 2.75) is 25.2 Å². The van der Waals surface area contributed by atoms with Gasteiger partial charge in [0, 0.05) is 29.4 Å². The first-order valence-corrected chi connectivity index (χ1v) is 16.0. The molecular formula is C34H32N4O7S. The Balaban J connectivity index is 1.44. The molecule has 0 saturated carbocycles. The second-order valence-electron chi connectivity index (χ2n) is 10.4. The van der Waals surface area contributed by atoms with Crippen LogP contribution in [0.15, 0.2) is 110 Å². The van der Waals surface area contributed by atoms with Crippen LogP contribution in [0.1, 0.15) is 22.7 Å². The number of sulfonamides is 1. The van der Waals surface area contributed by atoms with Gasteiger partial charge >= 0.3 is 0 Å². The molecule has 236 valence electrons. The molecule has 0 bridgehead atoms. The molecule has 3 aromatic carbocycles. The summed E-state index contributed by atoms with van der Waals surface area (Å²) in [6, 6.07) is 22.1.